The first-order valence-electron chi connectivity index (χ1n) is 7.67. The van der Waals surface area contributed by atoms with Crippen LogP contribution in [-0.2, 0) is 4.79 Å². The predicted molar refractivity (Wildman–Crippen MR) is 88.0 cm³/mol. The summed E-state index contributed by atoms with van der Waals surface area (Å²) in [6.07, 6.45) is 2.53. The molecule has 0 radical (unpaired) electrons. The van der Waals surface area contributed by atoms with Gasteiger partial charge in [0, 0.05) is 18.8 Å². The Kier molecular flexibility index (Phi) is 6.69. The number of rotatable bonds is 9. The zero-order chi connectivity index (χ0) is 15.9. The minimum atomic E-state index is -0.819. The molecule has 1 aromatic carbocycles. The summed E-state index contributed by atoms with van der Waals surface area (Å²) in [5.41, 5.74) is 1.68. The van der Waals surface area contributed by atoms with Gasteiger partial charge in [-0.2, -0.15) is 0 Å². The van der Waals surface area contributed by atoms with Crippen LogP contribution in [0.15, 0.2) is 24.3 Å². The van der Waals surface area contributed by atoms with Crippen LogP contribution < -0.4 is 10.2 Å². The van der Waals surface area contributed by atoms with Gasteiger partial charge in [-0.3, -0.25) is 4.79 Å². The van der Waals surface area contributed by atoms with Crippen LogP contribution in [0.25, 0.3) is 0 Å². The van der Waals surface area contributed by atoms with Crippen molar-refractivity contribution in [2.75, 3.05) is 25.0 Å². The fourth-order valence-electron chi connectivity index (χ4n) is 2.35. The minimum Gasteiger partial charge on any atom is -0.480 e. The van der Waals surface area contributed by atoms with E-state index in [9.17, 15) is 9.90 Å². The molecule has 0 heterocycles. The van der Waals surface area contributed by atoms with Crippen molar-refractivity contribution in [2.45, 2.75) is 45.6 Å². The molecule has 118 valence electrons. The lowest BCUT2D eigenvalue weighted by Crippen LogP contribution is -2.47. The van der Waals surface area contributed by atoms with E-state index in [4.69, 9.17) is 0 Å². The Morgan fingerprint density at radius 1 is 1.29 bits per heavy atom. The van der Waals surface area contributed by atoms with Gasteiger partial charge in [0.25, 0.3) is 0 Å². The zero-order valence-corrected chi connectivity index (χ0v) is 13.6. The summed E-state index contributed by atoms with van der Waals surface area (Å²) >= 11 is 0. The highest BCUT2D eigenvalue weighted by Gasteiger charge is 2.30. The molecular formula is C17H28N2O2. The first kappa shape index (κ1) is 17.5. The summed E-state index contributed by atoms with van der Waals surface area (Å²) in [6, 6.07) is 8.54. The second kappa shape index (κ2) is 8.03. The fourth-order valence-corrected chi connectivity index (χ4v) is 2.35. The maximum absolute atomic E-state index is 11.2. The van der Waals surface area contributed by atoms with Crippen LogP contribution in [0.3, 0.4) is 0 Å². The molecule has 1 atom stereocenters. The van der Waals surface area contributed by atoms with Crippen LogP contribution >= 0.6 is 0 Å². The van der Waals surface area contributed by atoms with Crippen LogP contribution in [0, 0.1) is 6.92 Å². The second-order valence-electron chi connectivity index (χ2n) is 5.76. The number of anilines is 1. The number of nitrogens with zero attached hydrogens (tertiary/aromatic N) is 1. The molecule has 1 unspecified atom stereocenters. The Hall–Kier alpha value is -1.55. The number of aliphatic carboxylic acids is 1. The van der Waals surface area contributed by atoms with Gasteiger partial charge in [-0.1, -0.05) is 17.7 Å². The third-order valence-corrected chi connectivity index (χ3v) is 4.16. The number of benzene rings is 1. The van der Waals surface area contributed by atoms with Gasteiger partial charge in [-0.05, 0) is 59.2 Å². The minimum absolute atomic E-state index is 0.643. The van der Waals surface area contributed by atoms with E-state index in [2.05, 4.69) is 48.3 Å². The maximum atomic E-state index is 11.2. The van der Waals surface area contributed by atoms with Gasteiger partial charge >= 0.3 is 5.97 Å². The number of nitrogens with one attached hydrogen (secondary N) is 1. The van der Waals surface area contributed by atoms with Crippen molar-refractivity contribution in [3.05, 3.63) is 29.8 Å². The summed E-state index contributed by atoms with van der Waals surface area (Å²) in [6.45, 7) is 7.90. The average Bonchev–Trinajstić information content (AvgIpc) is 2.48. The Morgan fingerprint density at radius 3 is 2.38 bits per heavy atom. The fraction of sp³-hybridized carbons (Fsp3) is 0.588. The number of carboxylic acids is 1. The lowest BCUT2D eigenvalue weighted by Gasteiger charge is -2.26. The smallest absolute Gasteiger partial charge is 0.323 e. The Morgan fingerprint density at radius 2 is 1.90 bits per heavy atom. The van der Waals surface area contributed by atoms with Crippen molar-refractivity contribution in [1.82, 2.24) is 5.32 Å². The highest BCUT2D eigenvalue weighted by atomic mass is 16.4. The Bertz CT molecular complexity index is 445. The van der Waals surface area contributed by atoms with Crippen molar-refractivity contribution < 1.29 is 9.90 Å². The lowest BCUT2D eigenvalue weighted by atomic mass is 9.95. The van der Waals surface area contributed by atoms with Crippen molar-refractivity contribution >= 4 is 11.7 Å². The zero-order valence-electron chi connectivity index (χ0n) is 13.6. The van der Waals surface area contributed by atoms with E-state index >= 15 is 0 Å². The standard InChI is InChI=1S/C17H28N2O2/c1-5-19(15-10-8-14(2)9-11-15)13-7-6-12-17(3,18-4)16(20)21/h8-11,18H,5-7,12-13H2,1-4H3,(H,20,21). The number of unbranched alkanes of at least 4 members (excludes halogenated alkanes) is 1. The highest BCUT2D eigenvalue weighted by molar-refractivity contribution is 5.78. The average molecular weight is 292 g/mol. The quantitative estimate of drug-likeness (QED) is 0.687. The number of likely N-dealkylation sites (N-methyl/N-ethyl adjacent to an activating group) is 1. The van der Waals surface area contributed by atoms with Gasteiger partial charge in [-0.25, -0.2) is 0 Å². The van der Waals surface area contributed by atoms with E-state index in [1.807, 2.05) is 0 Å². The topological polar surface area (TPSA) is 52.6 Å². The van der Waals surface area contributed by atoms with E-state index in [0.29, 0.717) is 6.42 Å². The van der Waals surface area contributed by atoms with Gasteiger partial charge in [0.2, 0.25) is 0 Å². The van der Waals surface area contributed by atoms with Crippen LogP contribution in [0.4, 0.5) is 5.69 Å². The van der Waals surface area contributed by atoms with E-state index in [-0.39, 0.29) is 0 Å². The van der Waals surface area contributed by atoms with E-state index in [1.54, 1.807) is 14.0 Å². The summed E-state index contributed by atoms with van der Waals surface area (Å²) in [4.78, 5) is 13.5. The first-order valence-corrected chi connectivity index (χ1v) is 7.67. The molecule has 4 heteroatoms. The van der Waals surface area contributed by atoms with E-state index in [1.165, 1.54) is 11.3 Å². The van der Waals surface area contributed by atoms with Gasteiger partial charge in [0.1, 0.15) is 5.54 Å². The van der Waals surface area contributed by atoms with Crippen LogP contribution in [-0.4, -0.2) is 36.8 Å². The molecule has 0 saturated carbocycles. The van der Waals surface area contributed by atoms with Gasteiger partial charge < -0.3 is 15.3 Å². The van der Waals surface area contributed by atoms with Crippen molar-refractivity contribution in [1.29, 1.82) is 0 Å². The predicted octanol–water partition coefficient (Wildman–Crippen LogP) is 3.05. The van der Waals surface area contributed by atoms with Crippen LogP contribution in [0.2, 0.25) is 0 Å². The molecule has 1 rings (SSSR count). The third-order valence-electron chi connectivity index (χ3n) is 4.16. The number of hydrogen-bond acceptors (Lipinski definition) is 3. The number of aryl methyl sites for hydroxylation is 1. The van der Waals surface area contributed by atoms with Gasteiger partial charge in [-0.15, -0.1) is 0 Å². The molecule has 0 amide bonds. The molecule has 4 nitrogen and oxygen atoms in total. The largest absolute Gasteiger partial charge is 0.480 e. The number of carboxylic acid groups (broad SMARTS) is 1. The van der Waals surface area contributed by atoms with Crippen molar-refractivity contribution in [2.24, 2.45) is 0 Å². The number of carbonyl (C=O) groups is 1. The molecule has 1 aromatic rings. The Balaban J connectivity index is 2.46. The van der Waals surface area contributed by atoms with E-state index in [0.717, 1.165) is 25.9 Å². The summed E-state index contributed by atoms with van der Waals surface area (Å²) in [7, 11) is 1.71. The molecule has 21 heavy (non-hydrogen) atoms. The first-order chi connectivity index (χ1) is 9.92. The summed E-state index contributed by atoms with van der Waals surface area (Å²) in [5.74, 6) is -0.782. The molecular weight excluding hydrogens is 264 g/mol. The monoisotopic (exact) mass is 292 g/mol. The molecule has 0 spiro atoms. The van der Waals surface area contributed by atoms with Crippen molar-refractivity contribution in [3.63, 3.8) is 0 Å². The van der Waals surface area contributed by atoms with Crippen LogP contribution in [0.5, 0.6) is 0 Å². The van der Waals surface area contributed by atoms with Gasteiger partial charge in [0.15, 0.2) is 0 Å². The molecule has 0 aliphatic carbocycles. The van der Waals surface area contributed by atoms with Gasteiger partial charge in [0.05, 0.1) is 0 Å². The molecule has 0 saturated heterocycles. The molecule has 0 aliphatic heterocycles. The lowest BCUT2D eigenvalue weighted by molar-refractivity contribution is -0.144. The molecule has 2 N–H and O–H groups in total. The maximum Gasteiger partial charge on any atom is 0.323 e. The van der Waals surface area contributed by atoms with Crippen molar-refractivity contribution in [3.8, 4) is 0 Å². The van der Waals surface area contributed by atoms with E-state index < -0.39 is 11.5 Å². The summed E-state index contributed by atoms with van der Waals surface area (Å²) in [5, 5.41) is 12.1. The summed E-state index contributed by atoms with van der Waals surface area (Å²) < 4.78 is 0. The highest BCUT2D eigenvalue weighted by Crippen LogP contribution is 2.18. The molecule has 0 aliphatic rings. The Labute approximate surface area is 128 Å². The third kappa shape index (κ3) is 5.05. The molecule has 0 fully saturated rings. The number of hydrogen-bond donors (Lipinski definition) is 2. The van der Waals surface area contributed by atoms with Crippen LogP contribution in [0.1, 0.15) is 38.7 Å². The molecule has 0 bridgehead atoms. The second-order valence-corrected chi connectivity index (χ2v) is 5.76. The molecule has 0 aromatic heterocycles. The normalized spacial score (nSPS) is 13.7. The SMILES string of the molecule is CCN(CCCCC(C)(NC)C(=O)O)c1ccc(C)cc1.